The van der Waals surface area contributed by atoms with Gasteiger partial charge in [-0.2, -0.15) is 0 Å². The van der Waals surface area contributed by atoms with Crippen LogP contribution in [0.5, 0.6) is 5.75 Å². The SMILES string of the molecule is CCCCOC(=O)COc1ccc(C)nc1CNCCC. The molecule has 0 radical (unpaired) electrons. The molecule has 5 nitrogen and oxygen atoms in total. The highest BCUT2D eigenvalue weighted by Gasteiger charge is 2.09. The Morgan fingerprint density at radius 3 is 2.81 bits per heavy atom. The van der Waals surface area contributed by atoms with Gasteiger partial charge in [0.15, 0.2) is 6.61 Å². The van der Waals surface area contributed by atoms with Crippen molar-refractivity contribution in [3.05, 3.63) is 23.5 Å². The van der Waals surface area contributed by atoms with Gasteiger partial charge in [-0.05, 0) is 38.4 Å². The summed E-state index contributed by atoms with van der Waals surface area (Å²) in [4.78, 5) is 16.0. The van der Waals surface area contributed by atoms with E-state index in [0.29, 0.717) is 18.9 Å². The molecule has 0 fully saturated rings. The van der Waals surface area contributed by atoms with Crippen molar-refractivity contribution in [1.82, 2.24) is 10.3 Å². The van der Waals surface area contributed by atoms with Crippen molar-refractivity contribution in [2.24, 2.45) is 0 Å². The number of aromatic nitrogens is 1. The molecule has 0 aliphatic carbocycles. The molecule has 0 unspecified atom stereocenters. The van der Waals surface area contributed by atoms with Crippen LogP contribution < -0.4 is 10.1 Å². The van der Waals surface area contributed by atoms with Crippen molar-refractivity contribution in [2.45, 2.75) is 46.6 Å². The summed E-state index contributed by atoms with van der Waals surface area (Å²) in [6.07, 6.45) is 2.94. The minimum atomic E-state index is -0.337. The number of esters is 1. The molecular weight excluding hydrogens is 268 g/mol. The fourth-order valence-corrected chi connectivity index (χ4v) is 1.75. The second-order valence-electron chi connectivity index (χ2n) is 4.94. The van der Waals surface area contributed by atoms with Gasteiger partial charge in [0.05, 0.1) is 12.3 Å². The summed E-state index contributed by atoms with van der Waals surface area (Å²) in [6, 6.07) is 3.73. The summed E-state index contributed by atoms with van der Waals surface area (Å²) in [5.74, 6) is 0.299. The highest BCUT2D eigenvalue weighted by atomic mass is 16.6. The molecule has 0 spiro atoms. The Hall–Kier alpha value is -1.62. The summed E-state index contributed by atoms with van der Waals surface area (Å²) in [5, 5.41) is 3.29. The molecule has 0 bridgehead atoms. The Labute approximate surface area is 127 Å². The number of hydrogen-bond donors (Lipinski definition) is 1. The number of unbranched alkanes of at least 4 members (excludes halogenated alkanes) is 1. The van der Waals surface area contributed by atoms with Gasteiger partial charge >= 0.3 is 5.97 Å². The van der Waals surface area contributed by atoms with Crippen molar-refractivity contribution in [2.75, 3.05) is 19.8 Å². The quantitative estimate of drug-likeness (QED) is 0.531. The van der Waals surface area contributed by atoms with Crippen molar-refractivity contribution < 1.29 is 14.3 Å². The average Bonchev–Trinajstić information content (AvgIpc) is 2.47. The zero-order valence-corrected chi connectivity index (χ0v) is 13.3. The standard InChI is InChI=1S/C16H26N2O3/c1-4-6-10-20-16(19)12-21-15-8-7-13(3)18-14(15)11-17-9-5-2/h7-8,17H,4-6,9-12H2,1-3H3. The lowest BCUT2D eigenvalue weighted by atomic mass is 10.2. The third-order valence-electron chi connectivity index (χ3n) is 2.90. The number of hydrogen-bond acceptors (Lipinski definition) is 5. The predicted molar refractivity (Wildman–Crippen MR) is 82.3 cm³/mol. The molecule has 1 heterocycles. The fourth-order valence-electron chi connectivity index (χ4n) is 1.75. The molecule has 21 heavy (non-hydrogen) atoms. The summed E-state index contributed by atoms with van der Waals surface area (Å²) in [6.45, 7) is 8.04. The van der Waals surface area contributed by atoms with E-state index in [0.717, 1.165) is 37.2 Å². The third kappa shape index (κ3) is 7.09. The summed E-state index contributed by atoms with van der Waals surface area (Å²) >= 11 is 0. The molecule has 0 aliphatic heterocycles. The number of carbonyl (C=O) groups excluding carboxylic acids is 1. The van der Waals surface area contributed by atoms with E-state index in [4.69, 9.17) is 9.47 Å². The van der Waals surface area contributed by atoms with Crippen molar-refractivity contribution in [1.29, 1.82) is 0 Å². The number of nitrogens with zero attached hydrogens (tertiary/aromatic N) is 1. The molecular formula is C16H26N2O3. The Kier molecular flexibility index (Phi) is 8.43. The number of carbonyl (C=O) groups is 1. The fraction of sp³-hybridized carbons (Fsp3) is 0.625. The first kappa shape index (κ1) is 17.4. The van der Waals surface area contributed by atoms with Gasteiger partial charge < -0.3 is 14.8 Å². The Bertz CT molecular complexity index is 436. The van der Waals surface area contributed by atoms with E-state index in [1.54, 1.807) is 0 Å². The van der Waals surface area contributed by atoms with Crippen LogP contribution in [0.15, 0.2) is 12.1 Å². The largest absolute Gasteiger partial charge is 0.480 e. The number of pyridine rings is 1. The number of nitrogens with one attached hydrogen (secondary N) is 1. The zero-order chi connectivity index (χ0) is 15.5. The molecule has 118 valence electrons. The van der Waals surface area contributed by atoms with E-state index in [-0.39, 0.29) is 12.6 Å². The molecule has 5 heteroatoms. The lowest BCUT2D eigenvalue weighted by Crippen LogP contribution is -2.19. The van der Waals surface area contributed by atoms with Gasteiger partial charge in [-0.15, -0.1) is 0 Å². The summed E-state index contributed by atoms with van der Waals surface area (Å²) in [7, 11) is 0. The smallest absolute Gasteiger partial charge is 0.344 e. The molecule has 1 aromatic heterocycles. The molecule has 1 rings (SSSR count). The first-order chi connectivity index (χ1) is 10.2. The Balaban J connectivity index is 2.50. The molecule has 0 aromatic carbocycles. The monoisotopic (exact) mass is 294 g/mol. The van der Waals surface area contributed by atoms with Gasteiger partial charge in [-0.3, -0.25) is 4.98 Å². The maximum atomic E-state index is 11.5. The van der Waals surface area contributed by atoms with Crippen LogP contribution in [0.25, 0.3) is 0 Å². The molecule has 0 aliphatic rings. The lowest BCUT2D eigenvalue weighted by Gasteiger charge is -2.12. The minimum Gasteiger partial charge on any atom is -0.480 e. The summed E-state index contributed by atoms with van der Waals surface area (Å²) in [5.41, 5.74) is 1.76. The number of ether oxygens (including phenoxy) is 2. The second kappa shape index (κ2) is 10.2. The maximum absolute atomic E-state index is 11.5. The van der Waals surface area contributed by atoms with Crippen LogP contribution in [0.3, 0.4) is 0 Å². The average molecular weight is 294 g/mol. The number of rotatable bonds is 10. The minimum absolute atomic E-state index is 0.0742. The highest BCUT2D eigenvalue weighted by Crippen LogP contribution is 2.16. The molecule has 1 N–H and O–H groups in total. The normalized spacial score (nSPS) is 10.4. The van der Waals surface area contributed by atoms with Crippen LogP contribution in [0.4, 0.5) is 0 Å². The lowest BCUT2D eigenvalue weighted by molar-refractivity contribution is -0.146. The predicted octanol–water partition coefficient (Wildman–Crippen LogP) is 2.61. The molecule has 0 atom stereocenters. The van der Waals surface area contributed by atoms with Gasteiger partial charge in [0.2, 0.25) is 0 Å². The topological polar surface area (TPSA) is 60.5 Å². The van der Waals surface area contributed by atoms with E-state index in [9.17, 15) is 4.79 Å². The highest BCUT2D eigenvalue weighted by molar-refractivity contribution is 5.71. The maximum Gasteiger partial charge on any atom is 0.344 e. The molecule has 0 saturated carbocycles. The van der Waals surface area contributed by atoms with E-state index < -0.39 is 0 Å². The van der Waals surface area contributed by atoms with Gasteiger partial charge in [0.25, 0.3) is 0 Å². The van der Waals surface area contributed by atoms with Gasteiger partial charge in [-0.25, -0.2) is 4.79 Å². The third-order valence-corrected chi connectivity index (χ3v) is 2.90. The Morgan fingerprint density at radius 1 is 1.29 bits per heavy atom. The first-order valence-corrected chi connectivity index (χ1v) is 7.63. The molecule has 0 saturated heterocycles. The van der Waals surface area contributed by atoms with Crippen LogP contribution in [-0.4, -0.2) is 30.7 Å². The number of aryl methyl sites for hydroxylation is 1. The van der Waals surface area contributed by atoms with E-state index in [1.807, 2.05) is 19.1 Å². The van der Waals surface area contributed by atoms with Crippen LogP contribution in [0.1, 0.15) is 44.5 Å². The van der Waals surface area contributed by atoms with Crippen LogP contribution >= 0.6 is 0 Å². The van der Waals surface area contributed by atoms with Crippen LogP contribution in [-0.2, 0) is 16.1 Å². The van der Waals surface area contributed by atoms with Crippen molar-refractivity contribution >= 4 is 5.97 Å². The van der Waals surface area contributed by atoms with E-state index >= 15 is 0 Å². The van der Waals surface area contributed by atoms with Gasteiger partial charge in [-0.1, -0.05) is 20.3 Å². The van der Waals surface area contributed by atoms with Gasteiger partial charge in [0.1, 0.15) is 5.75 Å². The second-order valence-corrected chi connectivity index (χ2v) is 4.94. The van der Waals surface area contributed by atoms with Crippen molar-refractivity contribution in [3.63, 3.8) is 0 Å². The zero-order valence-electron chi connectivity index (χ0n) is 13.3. The van der Waals surface area contributed by atoms with Crippen LogP contribution in [0, 0.1) is 6.92 Å². The van der Waals surface area contributed by atoms with Crippen molar-refractivity contribution in [3.8, 4) is 5.75 Å². The van der Waals surface area contributed by atoms with Crippen LogP contribution in [0.2, 0.25) is 0 Å². The van der Waals surface area contributed by atoms with Gasteiger partial charge in [0, 0.05) is 12.2 Å². The summed E-state index contributed by atoms with van der Waals surface area (Å²) < 4.78 is 10.6. The molecule has 1 aromatic rings. The van der Waals surface area contributed by atoms with E-state index in [2.05, 4.69) is 24.1 Å². The Morgan fingerprint density at radius 2 is 2.10 bits per heavy atom. The first-order valence-electron chi connectivity index (χ1n) is 7.63. The van der Waals surface area contributed by atoms with E-state index in [1.165, 1.54) is 0 Å². The molecule has 0 amide bonds.